The van der Waals surface area contributed by atoms with Crippen molar-refractivity contribution in [3.63, 3.8) is 0 Å². The van der Waals surface area contributed by atoms with Crippen molar-refractivity contribution in [3.05, 3.63) is 23.9 Å². The van der Waals surface area contributed by atoms with Crippen molar-refractivity contribution in [3.8, 4) is 0 Å². The Morgan fingerprint density at radius 2 is 2.11 bits per heavy atom. The largest absolute Gasteiger partial charge is 0.373 e. The summed E-state index contributed by atoms with van der Waals surface area (Å²) in [5.41, 5.74) is 0.711. The van der Waals surface area contributed by atoms with Gasteiger partial charge in [-0.25, -0.2) is 4.98 Å². The van der Waals surface area contributed by atoms with Crippen molar-refractivity contribution in [2.75, 3.05) is 45.1 Å². The molecule has 2 rings (SSSR count). The molecule has 5 nitrogen and oxygen atoms in total. The van der Waals surface area contributed by atoms with Gasteiger partial charge in [0.05, 0.1) is 0 Å². The molecule has 1 aromatic rings. The molecule has 104 valence electrons. The zero-order valence-corrected chi connectivity index (χ0v) is 11.7. The van der Waals surface area contributed by atoms with Crippen LogP contribution in [0.2, 0.25) is 0 Å². The summed E-state index contributed by atoms with van der Waals surface area (Å²) in [7, 11) is 1.81. The third-order valence-electron chi connectivity index (χ3n) is 3.46. The van der Waals surface area contributed by atoms with Crippen LogP contribution in [0.4, 0.5) is 5.82 Å². The summed E-state index contributed by atoms with van der Waals surface area (Å²) in [6.07, 6.45) is 2.84. The Morgan fingerprint density at radius 1 is 1.37 bits per heavy atom. The maximum atomic E-state index is 12.4. The highest BCUT2D eigenvalue weighted by Crippen LogP contribution is 2.11. The Balaban J connectivity index is 1.97. The molecule has 0 aliphatic carbocycles. The smallest absolute Gasteiger partial charge is 0.254 e. The van der Waals surface area contributed by atoms with E-state index in [1.54, 1.807) is 25.4 Å². The molecular weight excluding hydrogens is 240 g/mol. The first-order valence-corrected chi connectivity index (χ1v) is 6.90. The molecule has 0 bridgehead atoms. The number of nitrogens with one attached hydrogen (secondary N) is 1. The lowest BCUT2D eigenvalue weighted by Crippen LogP contribution is -2.48. The topological polar surface area (TPSA) is 48.5 Å². The molecular formula is C14H22N4O. The summed E-state index contributed by atoms with van der Waals surface area (Å²) < 4.78 is 0. The number of nitrogens with zero attached hydrogens (tertiary/aromatic N) is 3. The van der Waals surface area contributed by atoms with Gasteiger partial charge < -0.3 is 10.2 Å². The third kappa shape index (κ3) is 3.44. The van der Waals surface area contributed by atoms with Crippen LogP contribution in [0.25, 0.3) is 0 Å². The van der Waals surface area contributed by atoms with Gasteiger partial charge in [-0.3, -0.25) is 9.69 Å². The molecule has 2 heterocycles. The van der Waals surface area contributed by atoms with E-state index in [4.69, 9.17) is 0 Å². The number of anilines is 1. The fourth-order valence-corrected chi connectivity index (χ4v) is 2.37. The van der Waals surface area contributed by atoms with Gasteiger partial charge in [0.25, 0.3) is 5.91 Å². The first kappa shape index (κ1) is 13.8. The lowest BCUT2D eigenvalue weighted by molar-refractivity contribution is 0.0637. The van der Waals surface area contributed by atoms with E-state index in [9.17, 15) is 4.79 Å². The number of aromatic nitrogens is 1. The van der Waals surface area contributed by atoms with Gasteiger partial charge in [-0.2, -0.15) is 0 Å². The normalized spacial score (nSPS) is 16.4. The number of pyridine rings is 1. The predicted octanol–water partition coefficient (Wildman–Crippen LogP) is 1.29. The second kappa shape index (κ2) is 6.52. The maximum Gasteiger partial charge on any atom is 0.254 e. The number of rotatable bonds is 4. The molecule has 1 amide bonds. The Morgan fingerprint density at radius 3 is 2.74 bits per heavy atom. The van der Waals surface area contributed by atoms with Crippen LogP contribution in [-0.2, 0) is 0 Å². The molecule has 1 fully saturated rings. The fourth-order valence-electron chi connectivity index (χ4n) is 2.37. The van der Waals surface area contributed by atoms with E-state index in [0.29, 0.717) is 5.56 Å². The second-order valence-electron chi connectivity index (χ2n) is 4.81. The zero-order chi connectivity index (χ0) is 13.7. The molecule has 0 unspecified atom stereocenters. The molecule has 1 N–H and O–H groups in total. The Hall–Kier alpha value is -1.62. The lowest BCUT2D eigenvalue weighted by Gasteiger charge is -2.34. The standard InChI is InChI=1S/C14H22N4O/c1-3-6-17-7-9-18(10-8-17)14(19)12-4-5-16-13(11-12)15-2/h4-5,11H,3,6-10H2,1-2H3,(H,15,16). The van der Waals surface area contributed by atoms with Crippen LogP contribution in [-0.4, -0.2) is 60.5 Å². The second-order valence-corrected chi connectivity index (χ2v) is 4.81. The summed E-state index contributed by atoms with van der Waals surface area (Å²) >= 11 is 0. The van der Waals surface area contributed by atoms with Crippen LogP contribution in [0.3, 0.4) is 0 Å². The number of piperazine rings is 1. The van der Waals surface area contributed by atoms with Gasteiger partial charge >= 0.3 is 0 Å². The van der Waals surface area contributed by atoms with Gasteiger partial charge in [0.15, 0.2) is 0 Å². The maximum absolute atomic E-state index is 12.4. The van der Waals surface area contributed by atoms with Crippen LogP contribution in [0.15, 0.2) is 18.3 Å². The SMILES string of the molecule is CCCN1CCN(C(=O)c2ccnc(NC)c2)CC1. The summed E-state index contributed by atoms with van der Waals surface area (Å²) in [5.74, 6) is 0.838. The first-order chi connectivity index (χ1) is 9.24. The van der Waals surface area contributed by atoms with Gasteiger partial charge in [-0.1, -0.05) is 6.92 Å². The van der Waals surface area contributed by atoms with Gasteiger partial charge in [0, 0.05) is 45.0 Å². The first-order valence-electron chi connectivity index (χ1n) is 6.90. The molecule has 1 aliphatic heterocycles. The van der Waals surface area contributed by atoms with Gasteiger partial charge in [0.2, 0.25) is 0 Å². The summed E-state index contributed by atoms with van der Waals surface area (Å²) in [6.45, 7) is 6.90. The number of carbonyl (C=O) groups is 1. The lowest BCUT2D eigenvalue weighted by atomic mass is 10.2. The average Bonchev–Trinajstić information content (AvgIpc) is 2.48. The number of carbonyl (C=O) groups excluding carboxylic acids is 1. The van der Waals surface area contributed by atoms with E-state index in [-0.39, 0.29) is 5.91 Å². The molecule has 1 saturated heterocycles. The fraction of sp³-hybridized carbons (Fsp3) is 0.571. The molecule has 5 heteroatoms. The Kier molecular flexibility index (Phi) is 4.74. The van der Waals surface area contributed by atoms with E-state index >= 15 is 0 Å². The van der Waals surface area contributed by atoms with Gasteiger partial charge in [-0.15, -0.1) is 0 Å². The van der Waals surface area contributed by atoms with Gasteiger partial charge in [0.1, 0.15) is 5.82 Å². The highest BCUT2D eigenvalue weighted by Gasteiger charge is 2.21. The van der Waals surface area contributed by atoms with E-state index in [1.165, 1.54) is 6.42 Å². The summed E-state index contributed by atoms with van der Waals surface area (Å²) in [6, 6.07) is 3.59. The van der Waals surface area contributed by atoms with Crippen molar-refractivity contribution in [1.82, 2.24) is 14.8 Å². The molecule has 19 heavy (non-hydrogen) atoms. The quantitative estimate of drug-likeness (QED) is 0.888. The van der Waals surface area contributed by atoms with Crippen LogP contribution in [0.1, 0.15) is 23.7 Å². The van der Waals surface area contributed by atoms with Crippen LogP contribution in [0.5, 0.6) is 0 Å². The minimum atomic E-state index is 0.107. The predicted molar refractivity (Wildman–Crippen MR) is 76.4 cm³/mol. The van der Waals surface area contributed by atoms with Gasteiger partial charge in [-0.05, 0) is 25.1 Å². The van der Waals surface area contributed by atoms with E-state index in [0.717, 1.165) is 38.5 Å². The van der Waals surface area contributed by atoms with Crippen molar-refractivity contribution in [2.24, 2.45) is 0 Å². The Bertz CT molecular complexity index is 427. The molecule has 0 radical (unpaired) electrons. The van der Waals surface area contributed by atoms with Crippen LogP contribution in [0, 0.1) is 0 Å². The molecule has 0 aromatic carbocycles. The average molecular weight is 262 g/mol. The molecule has 1 aliphatic rings. The van der Waals surface area contributed by atoms with E-state index < -0.39 is 0 Å². The zero-order valence-electron chi connectivity index (χ0n) is 11.7. The molecule has 0 atom stereocenters. The van der Waals surface area contributed by atoms with E-state index in [2.05, 4.69) is 22.1 Å². The molecule has 1 aromatic heterocycles. The summed E-state index contributed by atoms with van der Waals surface area (Å²) in [5, 5.41) is 2.96. The van der Waals surface area contributed by atoms with Crippen LogP contribution < -0.4 is 5.32 Å². The minimum Gasteiger partial charge on any atom is -0.373 e. The number of hydrogen-bond donors (Lipinski definition) is 1. The third-order valence-corrected chi connectivity index (χ3v) is 3.46. The van der Waals surface area contributed by atoms with Crippen molar-refractivity contribution < 1.29 is 4.79 Å². The van der Waals surface area contributed by atoms with Crippen molar-refractivity contribution >= 4 is 11.7 Å². The molecule has 0 saturated carbocycles. The van der Waals surface area contributed by atoms with Crippen molar-refractivity contribution in [2.45, 2.75) is 13.3 Å². The Labute approximate surface area is 114 Å². The van der Waals surface area contributed by atoms with Crippen LogP contribution >= 0.6 is 0 Å². The van der Waals surface area contributed by atoms with Crippen molar-refractivity contribution in [1.29, 1.82) is 0 Å². The number of amides is 1. The van der Waals surface area contributed by atoms with E-state index in [1.807, 2.05) is 4.90 Å². The number of hydrogen-bond acceptors (Lipinski definition) is 4. The highest BCUT2D eigenvalue weighted by atomic mass is 16.2. The minimum absolute atomic E-state index is 0.107. The monoisotopic (exact) mass is 262 g/mol. The molecule has 0 spiro atoms. The highest BCUT2D eigenvalue weighted by molar-refractivity contribution is 5.94. The summed E-state index contributed by atoms with van der Waals surface area (Å²) in [4.78, 5) is 20.9.